The number of hydrogen-bond donors (Lipinski definition) is 0. The standard InChI is InChI=1S/C74H46N8/c1-9-31-63-53(23-1)54-24-2-10-32-64(54)79(63)71-45-61(75-73(77-71)81-67-35-13-5-27-57(67)58-28-6-14-36-68(58)81)51-21-17-19-49(43-51)47-39-41-48(42-40-47)50-20-18-22-52(44-50)62-46-72(80-65-33-11-3-25-55(65)56-26-4-12-34-66(56)80)78-74(76-62)82-69-37-15-7-29-59(69)60-30-8-16-38-70(60)82/h1-46H. The third-order valence-corrected chi connectivity index (χ3v) is 16.4. The van der Waals surface area contributed by atoms with Gasteiger partial charge in [-0.15, -0.1) is 0 Å². The van der Waals surface area contributed by atoms with Crippen molar-refractivity contribution in [3.05, 3.63) is 279 Å². The van der Waals surface area contributed by atoms with E-state index in [1.807, 2.05) is 0 Å². The van der Waals surface area contributed by atoms with E-state index < -0.39 is 0 Å². The first-order valence-corrected chi connectivity index (χ1v) is 27.7. The highest BCUT2D eigenvalue weighted by atomic mass is 15.2. The van der Waals surface area contributed by atoms with Crippen molar-refractivity contribution >= 4 is 87.2 Å². The molecular formula is C74H46N8. The normalized spacial score (nSPS) is 11.9. The van der Waals surface area contributed by atoms with E-state index in [4.69, 9.17) is 19.9 Å². The van der Waals surface area contributed by atoms with Crippen LogP contribution in [0, 0.1) is 0 Å². The molecule has 0 atom stereocenters. The summed E-state index contributed by atoms with van der Waals surface area (Å²) in [7, 11) is 0. The fourth-order valence-electron chi connectivity index (χ4n) is 12.8. The molecule has 0 aliphatic heterocycles. The fourth-order valence-corrected chi connectivity index (χ4v) is 12.8. The van der Waals surface area contributed by atoms with Crippen LogP contribution in [0.2, 0.25) is 0 Å². The summed E-state index contributed by atoms with van der Waals surface area (Å²) in [5.41, 5.74) is 16.6. The largest absolute Gasteiger partial charge is 0.294 e. The molecule has 0 unspecified atom stereocenters. The maximum atomic E-state index is 5.47. The fraction of sp³-hybridized carbons (Fsp3) is 0. The molecule has 382 valence electrons. The maximum Gasteiger partial charge on any atom is 0.237 e. The van der Waals surface area contributed by atoms with E-state index in [9.17, 15) is 0 Å². The predicted octanol–water partition coefficient (Wildman–Crippen LogP) is 18.3. The number of aromatic nitrogens is 8. The second-order valence-electron chi connectivity index (χ2n) is 21.0. The van der Waals surface area contributed by atoms with Crippen molar-refractivity contribution in [2.45, 2.75) is 0 Å². The number of fused-ring (bicyclic) bond motifs is 12. The lowest BCUT2D eigenvalue weighted by Gasteiger charge is -2.14. The summed E-state index contributed by atoms with van der Waals surface area (Å²) in [4.78, 5) is 21.9. The molecule has 0 saturated heterocycles. The van der Waals surface area contributed by atoms with Crippen molar-refractivity contribution < 1.29 is 0 Å². The molecule has 82 heavy (non-hydrogen) atoms. The van der Waals surface area contributed by atoms with Crippen LogP contribution >= 0.6 is 0 Å². The molecule has 17 rings (SSSR count). The number of nitrogens with zero attached hydrogens (tertiary/aromatic N) is 8. The first-order valence-electron chi connectivity index (χ1n) is 27.7. The highest BCUT2D eigenvalue weighted by Crippen LogP contribution is 2.39. The van der Waals surface area contributed by atoms with Crippen molar-refractivity contribution in [3.8, 4) is 68.3 Å². The molecule has 0 bridgehead atoms. The molecule has 0 N–H and O–H groups in total. The molecule has 17 aromatic rings. The summed E-state index contributed by atoms with van der Waals surface area (Å²) in [6, 6.07) is 99.1. The van der Waals surface area contributed by atoms with Gasteiger partial charge in [0.25, 0.3) is 0 Å². The zero-order chi connectivity index (χ0) is 53.8. The molecule has 0 radical (unpaired) electrons. The average molecular weight is 1050 g/mol. The van der Waals surface area contributed by atoms with Gasteiger partial charge in [-0.1, -0.05) is 206 Å². The Morgan fingerprint density at radius 1 is 0.183 bits per heavy atom. The quantitative estimate of drug-likeness (QED) is 0.152. The molecule has 0 amide bonds. The Bertz CT molecular complexity index is 4610. The molecule has 0 spiro atoms. The van der Waals surface area contributed by atoms with Gasteiger partial charge in [0.2, 0.25) is 11.9 Å². The van der Waals surface area contributed by atoms with E-state index in [1.54, 1.807) is 0 Å². The van der Waals surface area contributed by atoms with Crippen LogP contribution in [0.1, 0.15) is 0 Å². The van der Waals surface area contributed by atoms with Gasteiger partial charge in [0.1, 0.15) is 11.6 Å². The van der Waals surface area contributed by atoms with Crippen molar-refractivity contribution in [2.75, 3.05) is 0 Å². The Morgan fingerprint density at radius 3 is 0.707 bits per heavy atom. The van der Waals surface area contributed by atoms with Crippen LogP contribution in [0.3, 0.4) is 0 Å². The van der Waals surface area contributed by atoms with Gasteiger partial charge in [-0.2, -0.15) is 9.97 Å². The molecular weight excluding hydrogens is 1000 g/mol. The summed E-state index contributed by atoms with van der Waals surface area (Å²) in [6.45, 7) is 0. The zero-order valence-electron chi connectivity index (χ0n) is 44.1. The highest BCUT2D eigenvalue weighted by Gasteiger charge is 2.22. The maximum absolute atomic E-state index is 5.47. The van der Waals surface area contributed by atoms with Crippen LogP contribution in [-0.4, -0.2) is 38.2 Å². The minimum Gasteiger partial charge on any atom is -0.294 e. The van der Waals surface area contributed by atoms with Gasteiger partial charge in [-0.3, -0.25) is 18.3 Å². The summed E-state index contributed by atoms with van der Waals surface area (Å²) >= 11 is 0. The number of benzene rings is 11. The Balaban J connectivity index is 0.776. The first-order chi connectivity index (χ1) is 40.7. The van der Waals surface area contributed by atoms with Crippen molar-refractivity contribution in [1.82, 2.24) is 38.2 Å². The minimum atomic E-state index is 0.608. The SMILES string of the molecule is c1cc(-c2ccc(-c3cccc(-c4cc(-n5c6ccccc6c6ccccc65)nc(-n5c6ccccc6c6ccccc65)n4)c3)cc2)cc(-c2cc(-n3c4ccccc4c4ccccc43)nc(-n3c4ccccc4c4ccccc43)n2)c1. The van der Waals surface area contributed by atoms with Gasteiger partial charge in [-0.05, 0) is 82.9 Å². The second kappa shape index (κ2) is 18.2. The smallest absolute Gasteiger partial charge is 0.237 e. The first kappa shape index (κ1) is 45.8. The zero-order valence-corrected chi connectivity index (χ0v) is 44.1. The monoisotopic (exact) mass is 1050 g/mol. The van der Waals surface area contributed by atoms with Gasteiger partial charge in [0.05, 0.1) is 55.5 Å². The average Bonchev–Trinajstić information content (AvgIpc) is 4.38. The molecule has 6 heterocycles. The summed E-state index contributed by atoms with van der Waals surface area (Å²) in [5.74, 6) is 2.81. The number of para-hydroxylation sites is 8. The van der Waals surface area contributed by atoms with Crippen LogP contribution in [-0.2, 0) is 0 Å². The van der Waals surface area contributed by atoms with Crippen LogP contribution in [0.4, 0.5) is 0 Å². The molecule has 11 aromatic carbocycles. The van der Waals surface area contributed by atoms with Gasteiger partial charge in [-0.25, -0.2) is 9.97 Å². The lowest BCUT2D eigenvalue weighted by Crippen LogP contribution is -2.07. The molecule has 6 aromatic heterocycles. The van der Waals surface area contributed by atoms with E-state index in [0.29, 0.717) is 11.9 Å². The van der Waals surface area contributed by atoms with Crippen LogP contribution < -0.4 is 0 Å². The highest BCUT2D eigenvalue weighted by molar-refractivity contribution is 6.12. The predicted molar refractivity (Wildman–Crippen MR) is 337 cm³/mol. The molecule has 0 fully saturated rings. The second-order valence-corrected chi connectivity index (χ2v) is 21.0. The number of rotatable bonds is 8. The Labute approximate surface area is 470 Å². The minimum absolute atomic E-state index is 0.608. The van der Waals surface area contributed by atoms with Crippen LogP contribution in [0.5, 0.6) is 0 Å². The summed E-state index contributed by atoms with van der Waals surface area (Å²) in [6.07, 6.45) is 0. The van der Waals surface area contributed by atoms with E-state index in [2.05, 4.69) is 297 Å². The van der Waals surface area contributed by atoms with E-state index in [0.717, 1.165) is 122 Å². The van der Waals surface area contributed by atoms with Crippen LogP contribution in [0.25, 0.3) is 156 Å². The molecule has 8 heteroatoms. The van der Waals surface area contributed by atoms with Crippen molar-refractivity contribution in [3.63, 3.8) is 0 Å². The van der Waals surface area contributed by atoms with Crippen molar-refractivity contribution in [1.29, 1.82) is 0 Å². The molecule has 0 aliphatic rings. The molecule has 0 saturated carbocycles. The van der Waals surface area contributed by atoms with Gasteiger partial charge >= 0.3 is 0 Å². The van der Waals surface area contributed by atoms with Crippen LogP contribution in [0.15, 0.2) is 279 Å². The Hall–Kier alpha value is -11.2. The van der Waals surface area contributed by atoms with Crippen molar-refractivity contribution in [2.24, 2.45) is 0 Å². The molecule has 8 nitrogen and oxygen atoms in total. The lowest BCUT2D eigenvalue weighted by atomic mass is 9.97. The summed E-state index contributed by atoms with van der Waals surface area (Å²) < 4.78 is 8.99. The molecule has 0 aliphatic carbocycles. The third-order valence-electron chi connectivity index (χ3n) is 16.4. The summed E-state index contributed by atoms with van der Waals surface area (Å²) in [5, 5.41) is 9.34. The Morgan fingerprint density at radius 2 is 0.427 bits per heavy atom. The third kappa shape index (κ3) is 7.11. The lowest BCUT2D eigenvalue weighted by molar-refractivity contribution is 0.951. The number of hydrogen-bond acceptors (Lipinski definition) is 4. The Kier molecular flexibility index (Phi) is 10.1. The van der Waals surface area contributed by atoms with Gasteiger partial charge < -0.3 is 0 Å². The van der Waals surface area contributed by atoms with E-state index in [-0.39, 0.29) is 0 Å². The van der Waals surface area contributed by atoms with Gasteiger partial charge in [0, 0.05) is 66.3 Å². The topological polar surface area (TPSA) is 71.3 Å². The van der Waals surface area contributed by atoms with E-state index >= 15 is 0 Å². The van der Waals surface area contributed by atoms with E-state index in [1.165, 1.54) is 21.5 Å². The van der Waals surface area contributed by atoms with Gasteiger partial charge in [0.15, 0.2) is 0 Å².